The highest BCUT2D eigenvalue weighted by Gasteiger charge is 2.17. The monoisotopic (exact) mass is 310 g/mol. The van der Waals surface area contributed by atoms with Crippen molar-refractivity contribution in [3.05, 3.63) is 62.9 Å². The van der Waals surface area contributed by atoms with Crippen molar-refractivity contribution in [2.75, 3.05) is 5.32 Å². The summed E-state index contributed by atoms with van der Waals surface area (Å²) < 4.78 is 13.1. The predicted molar refractivity (Wildman–Crippen MR) is 74.7 cm³/mol. The van der Waals surface area contributed by atoms with Gasteiger partial charge in [0, 0.05) is 11.8 Å². The van der Waals surface area contributed by atoms with E-state index in [0.717, 1.165) is 24.3 Å². The molecular weight excluding hydrogens is 303 g/mol. The zero-order valence-electron chi connectivity index (χ0n) is 10.3. The van der Waals surface area contributed by atoms with Crippen LogP contribution in [0.5, 0.6) is 0 Å². The summed E-state index contributed by atoms with van der Waals surface area (Å²) in [5.74, 6) is -1.85. The van der Waals surface area contributed by atoms with E-state index in [4.69, 9.17) is 16.7 Å². The second-order valence-electron chi connectivity index (χ2n) is 4.05. The summed E-state index contributed by atoms with van der Waals surface area (Å²) in [6.45, 7) is 0. The summed E-state index contributed by atoms with van der Waals surface area (Å²) in [4.78, 5) is 21.2. The molecule has 6 nitrogen and oxygen atoms in total. The van der Waals surface area contributed by atoms with Gasteiger partial charge in [0.15, 0.2) is 0 Å². The van der Waals surface area contributed by atoms with Gasteiger partial charge in [0.05, 0.1) is 15.5 Å². The molecule has 0 spiro atoms. The fraction of sp³-hybridized carbons (Fsp3) is 0. The molecule has 0 bridgehead atoms. The SMILES string of the molecule is O=C(O)c1ccc([N+](=O)[O-])c(Nc2ccc(F)c(Cl)c2)c1. The van der Waals surface area contributed by atoms with Gasteiger partial charge in [-0.25, -0.2) is 9.18 Å². The third-order valence-electron chi connectivity index (χ3n) is 2.64. The summed E-state index contributed by atoms with van der Waals surface area (Å²) in [5.41, 5.74) is -0.147. The van der Waals surface area contributed by atoms with Gasteiger partial charge in [-0.1, -0.05) is 11.6 Å². The van der Waals surface area contributed by atoms with Crippen LogP contribution in [-0.2, 0) is 0 Å². The Morgan fingerprint density at radius 2 is 2.00 bits per heavy atom. The van der Waals surface area contributed by atoms with Crippen LogP contribution >= 0.6 is 11.6 Å². The molecule has 0 saturated heterocycles. The van der Waals surface area contributed by atoms with Crippen molar-refractivity contribution >= 4 is 34.6 Å². The number of hydrogen-bond donors (Lipinski definition) is 2. The van der Waals surface area contributed by atoms with Crippen LogP contribution in [0.15, 0.2) is 36.4 Å². The number of carbonyl (C=O) groups is 1. The molecule has 0 radical (unpaired) electrons. The van der Waals surface area contributed by atoms with E-state index < -0.39 is 16.7 Å². The summed E-state index contributed by atoms with van der Waals surface area (Å²) in [5, 5.41) is 22.4. The highest BCUT2D eigenvalue weighted by Crippen LogP contribution is 2.30. The molecule has 0 aliphatic rings. The molecule has 2 N–H and O–H groups in total. The van der Waals surface area contributed by atoms with Crippen molar-refractivity contribution in [1.29, 1.82) is 0 Å². The maximum Gasteiger partial charge on any atom is 0.335 e. The Hall–Kier alpha value is -2.67. The fourth-order valence-corrected chi connectivity index (χ4v) is 1.84. The third-order valence-corrected chi connectivity index (χ3v) is 2.93. The van der Waals surface area contributed by atoms with Crippen LogP contribution in [-0.4, -0.2) is 16.0 Å². The van der Waals surface area contributed by atoms with E-state index in [1.807, 2.05) is 0 Å². The first kappa shape index (κ1) is 14.7. The van der Waals surface area contributed by atoms with Gasteiger partial charge >= 0.3 is 5.97 Å². The molecule has 0 aromatic heterocycles. The van der Waals surface area contributed by atoms with Gasteiger partial charge in [0.2, 0.25) is 0 Å². The van der Waals surface area contributed by atoms with Crippen molar-refractivity contribution in [2.45, 2.75) is 0 Å². The first-order chi connectivity index (χ1) is 9.88. The second-order valence-corrected chi connectivity index (χ2v) is 4.46. The summed E-state index contributed by atoms with van der Waals surface area (Å²) in [6.07, 6.45) is 0. The number of nitrogens with zero attached hydrogens (tertiary/aromatic N) is 1. The quantitative estimate of drug-likeness (QED) is 0.661. The Morgan fingerprint density at radius 3 is 2.57 bits per heavy atom. The zero-order valence-corrected chi connectivity index (χ0v) is 11.1. The van der Waals surface area contributed by atoms with Crippen LogP contribution in [0, 0.1) is 15.9 Å². The Bertz CT molecular complexity index is 736. The van der Waals surface area contributed by atoms with Crippen LogP contribution in [0.25, 0.3) is 0 Å². The second kappa shape index (κ2) is 5.76. The van der Waals surface area contributed by atoms with E-state index in [9.17, 15) is 19.3 Å². The van der Waals surface area contributed by atoms with E-state index in [1.54, 1.807) is 0 Å². The number of hydrogen-bond acceptors (Lipinski definition) is 4. The lowest BCUT2D eigenvalue weighted by Gasteiger charge is -2.08. The van der Waals surface area contributed by atoms with Gasteiger partial charge in [-0.15, -0.1) is 0 Å². The predicted octanol–water partition coefficient (Wildman–Crippen LogP) is 3.83. The van der Waals surface area contributed by atoms with Gasteiger partial charge < -0.3 is 10.4 Å². The molecule has 0 aliphatic carbocycles. The number of nitro benzene ring substituents is 1. The molecule has 0 fully saturated rings. The van der Waals surface area contributed by atoms with Gasteiger partial charge in [-0.3, -0.25) is 10.1 Å². The van der Waals surface area contributed by atoms with Crippen molar-refractivity contribution in [3.63, 3.8) is 0 Å². The molecule has 2 aromatic carbocycles. The molecule has 2 rings (SSSR count). The average Bonchev–Trinajstić information content (AvgIpc) is 2.42. The number of rotatable bonds is 4. The average molecular weight is 311 g/mol. The third kappa shape index (κ3) is 3.26. The Labute approximate surface area is 122 Å². The highest BCUT2D eigenvalue weighted by atomic mass is 35.5. The molecule has 0 unspecified atom stereocenters. The number of benzene rings is 2. The lowest BCUT2D eigenvalue weighted by Crippen LogP contribution is -2.02. The van der Waals surface area contributed by atoms with Crippen LogP contribution in [0.2, 0.25) is 5.02 Å². The Balaban J connectivity index is 2.45. The Kier molecular flexibility index (Phi) is 4.04. The minimum absolute atomic E-state index is 0.0254. The molecule has 0 aliphatic heterocycles. The van der Waals surface area contributed by atoms with Crippen molar-refractivity contribution in [1.82, 2.24) is 0 Å². The standard InChI is InChI=1S/C13H8ClFN2O4/c14-9-6-8(2-3-10(9)15)16-11-5-7(13(18)19)1-4-12(11)17(20)21/h1-6,16H,(H,18,19). The van der Waals surface area contributed by atoms with Gasteiger partial charge in [-0.05, 0) is 30.3 Å². The maximum absolute atomic E-state index is 13.1. The van der Waals surface area contributed by atoms with E-state index in [-0.39, 0.29) is 22.0 Å². The topological polar surface area (TPSA) is 92.5 Å². The number of aromatic carboxylic acids is 1. The molecule has 0 heterocycles. The minimum Gasteiger partial charge on any atom is -0.478 e. The normalized spacial score (nSPS) is 10.2. The molecule has 0 saturated carbocycles. The first-order valence-corrected chi connectivity index (χ1v) is 6.00. The Morgan fingerprint density at radius 1 is 1.29 bits per heavy atom. The molecule has 0 atom stereocenters. The van der Waals surface area contributed by atoms with E-state index in [0.29, 0.717) is 5.69 Å². The minimum atomic E-state index is -1.22. The van der Waals surface area contributed by atoms with Gasteiger partial charge in [-0.2, -0.15) is 0 Å². The van der Waals surface area contributed by atoms with Gasteiger partial charge in [0.1, 0.15) is 11.5 Å². The smallest absolute Gasteiger partial charge is 0.335 e. The first-order valence-electron chi connectivity index (χ1n) is 5.62. The number of nitrogens with one attached hydrogen (secondary N) is 1. The lowest BCUT2D eigenvalue weighted by atomic mass is 10.1. The largest absolute Gasteiger partial charge is 0.478 e. The fourth-order valence-electron chi connectivity index (χ4n) is 1.66. The van der Waals surface area contributed by atoms with Crippen LogP contribution in [0.1, 0.15) is 10.4 Å². The maximum atomic E-state index is 13.1. The van der Waals surface area contributed by atoms with Crippen LogP contribution in [0.3, 0.4) is 0 Å². The summed E-state index contributed by atoms with van der Waals surface area (Å²) >= 11 is 5.62. The summed E-state index contributed by atoms with van der Waals surface area (Å²) in [7, 11) is 0. The number of carboxylic acids is 1. The highest BCUT2D eigenvalue weighted by molar-refractivity contribution is 6.31. The molecule has 108 valence electrons. The molecule has 2 aromatic rings. The zero-order chi connectivity index (χ0) is 15.6. The molecular formula is C13H8ClFN2O4. The number of carboxylic acid groups (broad SMARTS) is 1. The summed E-state index contributed by atoms with van der Waals surface area (Å²) in [6, 6.07) is 7.00. The van der Waals surface area contributed by atoms with E-state index in [2.05, 4.69) is 5.32 Å². The molecule has 0 amide bonds. The van der Waals surface area contributed by atoms with Gasteiger partial charge in [0.25, 0.3) is 5.69 Å². The van der Waals surface area contributed by atoms with E-state index >= 15 is 0 Å². The van der Waals surface area contributed by atoms with E-state index in [1.165, 1.54) is 12.1 Å². The lowest BCUT2D eigenvalue weighted by molar-refractivity contribution is -0.383. The molecule has 21 heavy (non-hydrogen) atoms. The molecule has 8 heteroatoms. The van der Waals surface area contributed by atoms with Crippen molar-refractivity contribution < 1.29 is 19.2 Å². The van der Waals surface area contributed by atoms with Crippen molar-refractivity contribution in [3.8, 4) is 0 Å². The van der Waals surface area contributed by atoms with Crippen LogP contribution < -0.4 is 5.32 Å². The number of halogens is 2. The van der Waals surface area contributed by atoms with Crippen molar-refractivity contribution in [2.24, 2.45) is 0 Å². The van der Waals surface area contributed by atoms with Crippen LogP contribution in [0.4, 0.5) is 21.5 Å². The number of anilines is 2. The number of nitro groups is 1.